The highest BCUT2D eigenvalue weighted by Crippen LogP contribution is 2.46. The molecule has 1 aromatic rings. The molecule has 1 aromatic carbocycles. The molecule has 1 unspecified atom stereocenters. The topological polar surface area (TPSA) is 55.4 Å². The molecule has 0 amide bonds. The molecule has 0 spiro atoms. The largest absolute Gasteiger partial charge is 0.462 e. The Morgan fingerprint density at radius 2 is 2.03 bits per heavy atom. The molecule has 0 saturated carbocycles. The number of halogens is 1. The summed E-state index contributed by atoms with van der Waals surface area (Å²) in [5, 5.41) is 3.39. The van der Waals surface area contributed by atoms with Crippen molar-refractivity contribution in [3.8, 4) is 0 Å². The second kappa shape index (κ2) is 9.02. The molecule has 4 nitrogen and oxygen atoms in total. The molecule has 0 fully saturated rings. The summed E-state index contributed by atoms with van der Waals surface area (Å²) in [5.74, 6) is -0.571. The molecule has 0 bridgehead atoms. The molecule has 0 saturated heterocycles. The Hall–Kier alpha value is -1.63. The molecule has 0 radical (unpaired) electrons. The second-order valence-electron chi connectivity index (χ2n) is 8.83. The van der Waals surface area contributed by atoms with E-state index in [4.69, 9.17) is 4.74 Å². The normalized spacial score (nSPS) is 21.0. The summed E-state index contributed by atoms with van der Waals surface area (Å²) in [4.78, 5) is 26.3. The van der Waals surface area contributed by atoms with Gasteiger partial charge in [-0.05, 0) is 65.5 Å². The van der Waals surface area contributed by atoms with Crippen molar-refractivity contribution in [1.29, 1.82) is 0 Å². The van der Waals surface area contributed by atoms with E-state index in [2.05, 4.69) is 54.7 Å². The predicted molar refractivity (Wildman–Crippen MR) is 123 cm³/mol. The van der Waals surface area contributed by atoms with Gasteiger partial charge < -0.3 is 10.1 Å². The first-order chi connectivity index (χ1) is 13.7. The van der Waals surface area contributed by atoms with Gasteiger partial charge in [-0.15, -0.1) is 0 Å². The third-order valence-electron chi connectivity index (χ3n) is 5.62. The van der Waals surface area contributed by atoms with E-state index in [-0.39, 0.29) is 23.1 Å². The first-order valence-electron chi connectivity index (χ1n) is 10.4. The Morgan fingerprint density at radius 3 is 2.72 bits per heavy atom. The van der Waals surface area contributed by atoms with Crippen molar-refractivity contribution in [3.05, 3.63) is 55.9 Å². The number of rotatable bonds is 6. The van der Waals surface area contributed by atoms with Crippen molar-refractivity contribution in [2.45, 2.75) is 65.7 Å². The van der Waals surface area contributed by atoms with Crippen LogP contribution in [0, 0.1) is 8.99 Å². The van der Waals surface area contributed by atoms with Crippen LogP contribution in [-0.4, -0.2) is 18.4 Å². The number of allylic oxidation sites excluding steroid dienone is 3. The zero-order chi connectivity index (χ0) is 21.2. The van der Waals surface area contributed by atoms with E-state index < -0.39 is 0 Å². The number of hydrogen-bond acceptors (Lipinski definition) is 4. The lowest BCUT2D eigenvalue weighted by atomic mass is 9.68. The van der Waals surface area contributed by atoms with E-state index in [1.807, 2.05) is 25.1 Å². The highest BCUT2D eigenvalue weighted by molar-refractivity contribution is 14.1. The average Bonchev–Trinajstić information content (AvgIpc) is 2.63. The summed E-state index contributed by atoms with van der Waals surface area (Å²) < 4.78 is 6.70. The van der Waals surface area contributed by atoms with Crippen molar-refractivity contribution in [2.24, 2.45) is 5.41 Å². The molecule has 1 aliphatic carbocycles. The van der Waals surface area contributed by atoms with Gasteiger partial charge in [-0.3, -0.25) is 4.79 Å². The van der Waals surface area contributed by atoms with Gasteiger partial charge in [0.05, 0.1) is 12.2 Å². The van der Waals surface area contributed by atoms with E-state index in [9.17, 15) is 9.59 Å². The molecule has 2 aliphatic rings. The van der Waals surface area contributed by atoms with E-state index in [0.29, 0.717) is 18.6 Å². The smallest absolute Gasteiger partial charge is 0.336 e. The van der Waals surface area contributed by atoms with Crippen LogP contribution in [0.1, 0.15) is 71.3 Å². The molecule has 29 heavy (non-hydrogen) atoms. The number of dihydropyridines is 1. The second-order valence-corrected chi connectivity index (χ2v) is 10.1. The number of benzene rings is 1. The fourth-order valence-corrected chi connectivity index (χ4v) is 4.89. The Labute approximate surface area is 187 Å². The number of hydrogen-bond donors (Lipinski definition) is 1. The Kier molecular flexibility index (Phi) is 6.87. The summed E-state index contributed by atoms with van der Waals surface area (Å²) in [6, 6.07) is 8.07. The van der Waals surface area contributed by atoms with Crippen LogP contribution in [0.4, 0.5) is 0 Å². The van der Waals surface area contributed by atoms with Gasteiger partial charge in [0, 0.05) is 32.9 Å². The number of ketones is 1. The molecule has 1 atom stereocenters. The summed E-state index contributed by atoms with van der Waals surface area (Å²) in [6.07, 6.45) is 4.26. The molecular formula is C24H30INO3. The van der Waals surface area contributed by atoms with Crippen LogP contribution in [0.15, 0.2) is 46.8 Å². The van der Waals surface area contributed by atoms with Crippen LogP contribution in [0.3, 0.4) is 0 Å². The SMILES string of the molecule is CCCCCOC(=O)C1=C(C)NC2=C(C(=O)CC(C)(C)C2)C1c1cccc(I)c1. The highest BCUT2D eigenvalue weighted by atomic mass is 127. The van der Waals surface area contributed by atoms with Gasteiger partial charge in [0.25, 0.3) is 0 Å². The maximum absolute atomic E-state index is 13.2. The van der Waals surface area contributed by atoms with Gasteiger partial charge in [0.1, 0.15) is 0 Å². The Morgan fingerprint density at radius 1 is 1.28 bits per heavy atom. The van der Waals surface area contributed by atoms with Crippen molar-refractivity contribution in [2.75, 3.05) is 6.61 Å². The third kappa shape index (κ3) is 4.93. The third-order valence-corrected chi connectivity index (χ3v) is 6.29. The number of Topliss-reactive ketones (excluding diaryl/α,β-unsaturated/α-hetero) is 1. The monoisotopic (exact) mass is 507 g/mol. The molecule has 5 heteroatoms. The van der Waals surface area contributed by atoms with Gasteiger partial charge >= 0.3 is 5.97 Å². The van der Waals surface area contributed by atoms with Crippen molar-refractivity contribution < 1.29 is 14.3 Å². The summed E-state index contributed by atoms with van der Waals surface area (Å²) in [5.41, 5.74) is 3.93. The van der Waals surface area contributed by atoms with Crippen LogP contribution in [0.25, 0.3) is 0 Å². The minimum Gasteiger partial charge on any atom is -0.462 e. The molecule has 3 rings (SSSR count). The summed E-state index contributed by atoms with van der Waals surface area (Å²) in [6.45, 7) is 8.69. The zero-order valence-corrected chi connectivity index (χ0v) is 19.9. The quantitative estimate of drug-likeness (QED) is 0.308. The zero-order valence-electron chi connectivity index (χ0n) is 17.7. The van der Waals surface area contributed by atoms with Crippen molar-refractivity contribution >= 4 is 34.3 Å². The lowest BCUT2D eigenvalue weighted by Crippen LogP contribution is -2.38. The molecule has 1 heterocycles. The van der Waals surface area contributed by atoms with Gasteiger partial charge in [0.15, 0.2) is 5.78 Å². The van der Waals surface area contributed by atoms with Crippen molar-refractivity contribution in [3.63, 3.8) is 0 Å². The fourth-order valence-electron chi connectivity index (χ4n) is 4.32. The maximum atomic E-state index is 13.2. The van der Waals surface area contributed by atoms with E-state index in [1.165, 1.54) is 0 Å². The number of nitrogens with one attached hydrogen (secondary N) is 1. The van der Waals surface area contributed by atoms with Gasteiger partial charge in [0.2, 0.25) is 0 Å². The number of carbonyl (C=O) groups excluding carboxylic acids is 2. The van der Waals surface area contributed by atoms with Crippen molar-refractivity contribution in [1.82, 2.24) is 5.32 Å². The van der Waals surface area contributed by atoms with Crippen LogP contribution >= 0.6 is 22.6 Å². The first kappa shape index (κ1) is 22.1. The van der Waals surface area contributed by atoms with Crippen LogP contribution in [0.5, 0.6) is 0 Å². The van der Waals surface area contributed by atoms with Crippen LogP contribution in [-0.2, 0) is 14.3 Å². The first-order valence-corrected chi connectivity index (χ1v) is 11.5. The molecular weight excluding hydrogens is 477 g/mol. The number of carbonyl (C=O) groups is 2. The Balaban J connectivity index is 2.03. The molecule has 1 aliphatic heterocycles. The number of esters is 1. The fraction of sp³-hybridized carbons (Fsp3) is 0.500. The predicted octanol–water partition coefficient (Wildman–Crippen LogP) is 5.63. The van der Waals surface area contributed by atoms with E-state index >= 15 is 0 Å². The van der Waals surface area contributed by atoms with E-state index in [1.54, 1.807) is 0 Å². The minimum absolute atomic E-state index is 0.0863. The molecule has 0 aromatic heterocycles. The number of unbranched alkanes of at least 4 members (excludes halogenated alkanes) is 2. The van der Waals surface area contributed by atoms with Gasteiger partial charge in [-0.2, -0.15) is 0 Å². The van der Waals surface area contributed by atoms with Gasteiger partial charge in [-0.25, -0.2) is 4.79 Å². The van der Waals surface area contributed by atoms with Crippen LogP contribution < -0.4 is 5.32 Å². The summed E-state index contributed by atoms with van der Waals surface area (Å²) in [7, 11) is 0. The highest BCUT2D eigenvalue weighted by Gasteiger charge is 2.43. The lowest BCUT2D eigenvalue weighted by Gasteiger charge is -2.39. The molecule has 1 N–H and O–H groups in total. The standard InChI is InChI=1S/C24H30INO3/c1-5-6-7-11-29-23(28)20-15(2)26-18-13-24(3,4)14-19(27)22(18)21(20)16-9-8-10-17(25)12-16/h8-10,12,21,26H,5-7,11,13-14H2,1-4H3. The Bertz CT molecular complexity index is 882. The molecule has 156 valence electrons. The van der Waals surface area contributed by atoms with Gasteiger partial charge in [-0.1, -0.05) is 45.7 Å². The van der Waals surface area contributed by atoms with E-state index in [0.717, 1.165) is 51.8 Å². The minimum atomic E-state index is -0.372. The maximum Gasteiger partial charge on any atom is 0.336 e. The summed E-state index contributed by atoms with van der Waals surface area (Å²) >= 11 is 2.27. The average molecular weight is 507 g/mol. The lowest BCUT2D eigenvalue weighted by molar-refractivity contribution is -0.139. The number of ether oxygens (including phenoxy) is 1. The van der Waals surface area contributed by atoms with Crippen LogP contribution in [0.2, 0.25) is 0 Å².